The number of fused-ring (bicyclic) bond motifs is 2. The molecule has 0 spiro atoms. The van der Waals surface area contributed by atoms with E-state index in [0.717, 1.165) is 16.7 Å². The number of allylic oxidation sites excluding steroid dienone is 2. The summed E-state index contributed by atoms with van der Waals surface area (Å²) in [6.07, 6.45) is 4.80. The van der Waals surface area contributed by atoms with Crippen LogP contribution in [-0.4, -0.2) is 53.0 Å². The molecule has 0 atom stereocenters. The van der Waals surface area contributed by atoms with Crippen molar-refractivity contribution in [3.63, 3.8) is 0 Å². The molecule has 0 aromatic heterocycles. The van der Waals surface area contributed by atoms with Gasteiger partial charge in [-0.25, -0.2) is 9.59 Å². The van der Waals surface area contributed by atoms with E-state index in [0.29, 0.717) is 43.9 Å². The van der Waals surface area contributed by atoms with Gasteiger partial charge >= 0.3 is 12.1 Å². The zero-order valence-corrected chi connectivity index (χ0v) is 21.0. The van der Waals surface area contributed by atoms with E-state index < -0.39 is 21.6 Å². The minimum Gasteiger partial charge on any atom is -0.454 e. The number of benzene rings is 1. The molecular weight excluding hydrogens is 509 g/mol. The highest BCUT2D eigenvalue weighted by atomic mass is 35.6. The molecule has 34 heavy (non-hydrogen) atoms. The first-order valence-electron chi connectivity index (χ1n) is 10.7. The average Bonchev–Trinajstić information content (AvgIpc) is 3.29. The van der Waals surface area contributed by atoms with E-state index in [4.69, 9.17) is 58.5 Å². The summed E-state index contributed by atoms with van der Waals surface area (Å²) >= 11 is 17.2. The Labute approximate surface area is 212 Å². The Morgan fingerprint density at radius 3 is 2.56 bits per heavy atom. The second kappa shape index (κ2) is 9.76. The zero-order valence-electron chi connectivity index (χ0n) is 18.7. The maximum absolute atomic E-state index is 12.7. The summed E-state index contributed by atoms with van der Waals surface area (Å²) in [5.74, 6) is -0.137. The van der Waals surface area contributed by atoms with Crippen LogP contribution in [0.5, 0.6) is 11.5 Å². The van der Waals surface area contributed by atoms with Crippen LogP contribution >= 0.6 is 34.8 Å². The van der Waals surface area contributed by atoms with Crippen LogP contribution < -0.4 is 9.47 Å². The van der Waals surface area contributed by atoms with Crippen molar-refractivity contribution >= 4 is 52.9 Å². The molecule has 0 saturated carbocycles. The Bertz CT molecular complexity index is 1050. The number of carbonyl (C=O) groups excluding carboxylic acids is 2. The van der Waals surface area contributed by atoms with Gasteiger partial charge in [-0.15, -0.1) is 0 Å². The van der Waals surface area contributed by atoms with Gasteiger partial charge in [0.2, 0.25) is 22.1 Å². The van der Waals surface area contributed by atoms with E-state index >= 15 is 0 Å². The number of esters is 1. The first kappa shape index (κ1) is 24.8. The number of rotatable bonds is 2. The summed E-state index contributed by atoms with van der Waals surface area (Å²) in [6, 6.07) is 3.79. The monoisotopic (exact) mass is 531 g/mol. The molecule has 8 nitrogen and oxygen atoms in total. The lowest BCUT2D eigenvalue weighted by molar-refractivity contribution is -0.159. The van der Waals surface area contributed by atoms with Crippen LogP contribution in [0.2, 0.25) is 0 Å². The van der Waals surface area contributed by atoms with E-state index in [2.05, 4.69) is 0 Å². The Hall–Kier alpha value is -2.29. The van der Waals surface area contributed by atoms with Gasteiger partial charge in [-0.1, -0.05) is 40.9 Å². The Morgan fingerprint density at radius 2 is 1.88 bits per heavy atom. The number of alkyl halides is 3. The molecule has 0 bridgehead atoms. The number of ether oxygens (including phenoxy) is 5. The van der Waals surface area contributed by atoms with Crippen molar-refractivity contribution in [2.24, 2.45) is 0 Å². The number of hydrogen-bond acceptors (Lipinski definition) is 7. The van der Waals surface area contributed by atoms with E-state index in [-0.39, 0.29) is 19.2 Å². The van der Waals surface area contributed by atoms with Gasteiger partial charge in [-0.05, 0) is 54.2 Å². The SMILES string of the molecule is CC1(C)OC(=O)/C(=C\C2=C\c3cc4c(cc3CCN(C(=O)OCC(Cl)(Cl)Cl)CCC2)OCO4)O1. The molecule has 0 radical (unpaired) electrons. The third kappa shape index (κ3) is 6.23. The van der Waals surface area contributed by atoms with Gasteiger partial charge in [0.1, 0.15) is 6.61 Å². The maximum Gasteiger partial charge on any atom is 0.409 e. The van der Waals surface area contributed by atoms with Gasteiger partial charge in [0.15, 0.2) is 11.5 Å². The normalized spacial score (nSPS) is 22.4. The Kier molecular flexibility index (Phi) is 7.12. The molecule has 3 aliphatic heterocycles. The predicted octanol–water partition coefficient (Wildman–Crippen LogP) is 5.14. The molecule has 0 unspecified atom stereocenters. The summed E-state index contributed by atoms with van der Waals surface area (Å²) in [4.78, 5) is 26.5. The number of cyclic esters (lactones) is 1. The van der Waals surface area contributed by atoms with Crippen LogP contribution in [0.3, 0.4) is 0 Å². The van der Waals surface area contributed by atoms with E-state index in [1.54, 1.807) is 24.8 Å². The minimum absolute atomic E-state index is 0.134. The van der Waals surface area contributed by atoms with Crippen LogP contribution in [0.4, 0.5) is 4.79 Å². The number of hydrogen-bond donors (Lipinski definition) is 0. The predicted molar refractivity (Wildman–Crippen MR) is 126 cm³/mol. The molecule has 1 saturated heterocycles. The molecule has 0 N–H and O–H groups in total. The summed E-state index contributed by atoms with van der Waals surface area (Å²) in [7, 11) is 0. The number of amides is 1. The van der Waals surface area contributed by atoms with Crippen molar-refractivity contribution in [1.82, 2.24) is 4.90 Å². The molecule has 11 heteroatoms. The van der Waals surface area contributed by atoms with Crippen LogP contribution in [0.25, 0.3) is 6.08 Å². The van der Waals surface area contributed by atoms with Crippen LogP contribution in [0.15, 0.2) is 29.5 Å². The Balaban J connectivity index is 1.63. The van der Waals surface area contributed by atoms with Gasteiger partial charge in [0.05, 0.1) is 0 Å². The van der Waals surface area contributed by atoms with Crippen molar-refractivity contribution in [2.75, 3.05) is 26.5 Å². The van der Waals surface area contributed by atoms with E-state index in [1.807, 2.05) is 18.2 Å². The molecule has 1 amide bonds. The minimum atomic E-state index is -1.69. The van der Waals surface area contributed by atoms with Crippen molar-refractivity contribution in [1.29, 1.82) is 0 Å². The van der Waals surface area contributed by atoms with Crippen molar-refractivity contribution in [3.05, 3.63) is 40.7 Å². The summed E-state index contributed by atoms with van der Waals surface area (Å²) in [6.45, 7) is 3.95. The Morgan fingerprint density at radius 1 is 1.15 bits per heavy atom. The topological polar surface area (TPSA) is 83.5 Å². The average molecular weight is 533 g/mol. The molecule has 1 aromatic rings. The fraction of sp³-hybridized carbons (Fsp3) is 0.478. The first-order valence-corrected chi connectivity index (χ1v) is 11.9. The van der Waals surface area contributed by atoms with E-state index in [9.17, 15) is 9.59 Å². The van der Waals surface area contributed by atoms with Gasteiger partial charge in [0, 0.05) is 26.9 Å². The standard InChI is InChI=1S/C23H24Cl3NO7/c1-22(2)33-19(20(28)34-22)9-14-4-3-6-27(21(29)30-12-23(24,25)26)7-5-15-10-17-18(32-13-31-17)11-16(15)8-14/h8-11H,3-7,12-13H2,1-2H3/b14-8+,19-9+. The molecule has 1 aromatic carbocycles. The second-order valence-electron chi connectivity index (χ2n) is 8.53. The lowest BCUT2D eigenvalue weighted by Gasteiger charge is -2.25. The molecule has 184 valence electrons. The van der Waals surface area contributed by atoms with Crippen LogP contribution in [0.1, 0.15) is 37.8 Å². The highest BCUT2D eigenvalue weighted by molar-refractivity contribution is 6.67. The second-order valence-corrected chi connectivity index (χ2v) is 11.0. The number of carbonyl (C=O) groups is 2. The number of nitrogens with zero attached hydrogens (tertiary/aromatic N) is 1. The first-order chi connectivity index (χ1) is 16.0. The highest BCUT2D eigenvalue weighted by Crippen LogP contribution is 2.37. The fourth-order valence-electron chi connectivity index (χ4n) is 3.85. The lowest BCUT2D eigenvalue weighted by Crippen LogP contribution is -2.36. The van der Waals surface area contributed by atoms with Gasteiger partial charge in [-0.2, -0.15) is 0 Å². The smallest absolute Gasteiger partial charge is 0.409 e. The summed E-state index contributed by atoms with van der Waals surface area (Å²) in [5, 5.41) is 0. The maximum atomic E-state index is 12.7. The highest BCUT2D eigenvalue weighted by Gasteiger charge is 2.37. The molecule has 0 aliphatic carbocycles. The summed E-state index contributed by atoms with van der Waals surface area (Å²) in [5.41, 5.74) is 2.66. The zero-order chi connectivity index (χ0) is 24.5. The molecule has 1 fully saturated rings. The number of halogens is 3. The van der Waals surface area contributed by atoms with Gasteiger partial charge < -0.3 is 28.6 Å². The van der Waals surface area contributed by atoms with Crippen molar-refractivity contribution < 1.29 is 33.3 Å². The summed E-state index contributed by atoms with van der Waals surface area (Å²) < 4.78 is 25.5. The van der Waals surface area contributed by atoms with E-state index in [1.165, 1.54) is 0 Å². The van der Waals surface area contributed by atoms with Gasteiger partial charge in [-0.3, -0.25) is 0 Å². The molecule has 3 aliphatic rings. The third-order valence-electron chi connectivity index (χ3n) is 5.35. The molecule has 4 rings (SSSR count). The van der Waals surface area contributed by atoms with Crippen LogP contribution in [-0.2, 0) is 25.4 Å². The quantitative estimate of drug-likeness (QED) is 0.296. The molecule has 3 heterocycles. The van der Waals surface area contributed by atoms with Crippen LogP contribution in [0, 0.1) is 0 Å². The van der Waals surface area contributed by atoms with Gasteiger partial charge in [0.25, 0.3) is 0 Å². The van der Waals surface area contributed by atoms with Crippen molar-refractivity contribution in [3.8, 4) is 11.5 Å². The largest absolute Gasteiger partial charge is 0.454 e. The van der Waals surface area contributed by atoms with Crippen molar-refractivity contribution in [2.45, 2.75) is 42.7 Å². The molecular formula is C23H24Cl3NO7. The lowest BCUT2D eigenvalue weighted by atomic mass is 9.97. The third-order valence-corrected chi connectivity index (χ3v) is 5.68. The fourth-order valence-corrected chi connectivity index (χ4v) is 4.02.